The summed E-state index contributed by atoms with van der Waals surface area (Å²) < 4.78 is 5.47. The molecule has 0 radical (unpaired) electrons. The third-order valence-electron chi connectivity index (χ3n) is 5.53. The zero-order valence-electron chi connectivity index (χ0n) is 15.5. The van der Waals surface area contributed by atoms with Crippen LogP contribution in [0.25, 0.3) is 22.6 Å². The second-order valence-corrected chi connectivity index (χ2v) is 7.21. The number of nitrogens with one attached hydrogen (secondary N) is 1. The Hall–Kier alpha value is -3.81. The van der Waals surface area contributed by atoms with Crippen LogP contribution in [0, 0.1) is 0 Å². The maximum atomic E-state index is 11.6. The standard InChI is InChI=1S/C21H18N6O2/c22-20-24-11-15(12-25-20)13-2-4-16(5-3-13)21(7-1-8-21)19-26-18(29-27-19)14-6-9-23-17(28)10-14/h2-6,9-12H,1,7-8H2,(H,23,28)(H2,22,24,25). The molecule has 1 saturated carbocycles. The minimum absolute atomic E-state index is 0.206. The van der Waals surface area contributed by atoms with E-state index in [2.05, 4.69) is 37.2 Å². The second-order valence-electron chi connectivity index (χ2n) is 7.21. The number of anilines is 1. The van der Waals surface area contributed by atoms with Crippen LogP contribution in [0.3, 0.4) is 0 Å². The number of aromatic nitrogens is 5. The largest absolute Gasteiger partial charge is 0.368 e. The number of hydrogen-bond acceptors (Lipinski definition) is 7. The van der Waals surface area contributed by atoms with Crippen LogP contribution in [0.4, 0.5) is 5.95 Å². The summed E-state index contributed by atoms with van der Waals surface area (Å²) in [6, 6.07) is 11.5. The first kappa shape index (κ1) is 17.3. The minimum atomic E-state index is -0.265. The first-order valence-corrected chi connectivity index (χ1v) is 9.36. The number of H-pyrrole nitrogens is 1. The molecule has 0 bridgehead atoms. The summed E-state index contributed by atoms with van der Waals surface area (Å²) in [6.45, 7) is 0. The maximum Gasteiger partial charge on any atom is 0.258 e. The third kappa shape index (κ3) is 2.98. The van der Waals surface area contributed by atoms with Gasteiger partial charge in [-0.05, 0) is 30.0 Å². The van der Waals surface area contributed by atoms with Gasteiger partial charge in [0.1, 0.15) is 0 Å². The lowest BCUT2D eigenvalue weighted by Gasteiger charge is -2.39. The highest BCUT2D eigenvalue weighted by Gasteiger charge is 2.44. The van der Waals surface area contributed by atoms with Crippen molar-refractivity contribution in [3.8, 4) is 22.6 Å². The van der Waals surface area contributed by atoms with Gasteiger partial charge in [0.15, 0.2) is 5.82 Å². The molecule has 29 heavy (non-hydrogen) atoms. The molecule has 0 spiro atoms. The second kappa shape index (κ2) is 6.66. The number of nitrogen functional groups attached to an aromatic ring is 1. The van der Waals surface area contributed by atoms with Crippen LogP contribution in [0.5, 0.6) is 0 Å². The lowest BCUT2D eigenvalue weighted by atomic mass is 9.64. The summed E-state index contributed by atoms with van der Waals surface area (Å²) in [7, 11) is 0. The Morgan fingerprint density at radius 1 is 1.00 bits per heavy atom. The molecule has 3 aromatic heterocycles. The predicted molar refractivity (Wildman–Crippen MR) is 107 cm³/mol. The first-order valence-electron chi connectivity index (χ1n) is 9.36. The van der Waals surface area contributed by atoms with Gasteiger partial charge in [0, 0.05) is 35.8 Å². The number of rotatable bonds is 4. The summed E-state index contributed by atoms with van der Waals surface area (Å²) in [5.41, 5.74) is 8.77. The zero-order valence-corrected chi connectivity index (χ0v) is 15.5. The summed E-state index contributed by atoms with van der Waals surface area (Å²) in [4.78, 5) is 26.9. The van der Waals surface area contributed by atoms with Crippen molar-refractivity contribution in [2.24, 2.45) is 0 Å². The van der Waals surface area contributed by atoms with E-state index < -0.39 is 0 Å². The average molecular weight is 386 g/mol. The van der Waals surface area contributed by atoms with E-state index in [0.29, 0.717) is 17.3 Å². The summed E-state index contributed by atoms with van der Waals surface area (Å²) in [6.07, 6.45) is 7.99. The van der Waals surface area contributed by atoms with Crippen molar-refractivity contribution in [1.82, 2.24) is 25.1 Å². The van der Waals surface area contributed by atoms with E-state index in [0.717, 1.165) is 36.0 Å². The molecular formula is C21H18N6O2. The maximum absolute atomic E-state index is 11.6. The highest BCUT2D eigenvalue weighted by Crippen LogP contribution is 2.48. The number of benzene rings is 1. The number of nitrogens with zero attached hydrogens (tertiary/aromatic N) is 4. The van der Waals surface area contributed by atoms with Gasteiger partial charge in [0.2, 0.25) is 11.5 Å². The molecule has 1 aromatic carbocycles. The molecular weight excluding hydrogens is 368 g/mol. The van der Waals surface area contributed by atoms with Gasteiger partial charge in [-0.15, -0.1) is 0 Å². The Balaban J connectivity index is 1.48. The monoisotopic (exact) mass is 386 g/mol. The van der Waals surface area contributed by atoms with Gasteiger partial charge in [0.05, 0.1) is 5.41 Å². The molecule has 0 amide bonds. The van der Waals surface area contributed by atoms with Crippen molar-refractivity contribution in [3.63, 3.8) is 0 Å². The number of nitrogens with two attached hydrogens (primary N) is 1. The van der Waals surface area contributed by atoms with Crippen molar-refractivity contribution < 1.29 is 4.52 Å². The number of pyridine rings is 1. The Kier molecular flexibility index (Phi) is 3.97. The van der Waals surface area contributed by atoms with Gasteiger partial charge in [0.25, 0.3) is 5.89 Å². The highest BCUT2D eigenvalue weighted by atomic mass is 16.5. The Labute approximate surface area is 165 Å². The molecule has 1 fully saturated rings. The molecule has 3 N–H and O–H groups in total. The smallest absolute Gasteiger partial charge is 0.258 e. The third-order valence-corrected chi connectivity index (χ3v) is 5.53. The summed E-state index contributed by atoms with van der Waals surface area (Å²) in [5.74, 6) is 1.27. The van der Waals surface area contributed by atoms with Crippen molar-refractivity contribution in [3.05, 3.63) is 76.7 Å². The van der Waals surface area contributed by atoms with Crippen LogP contribution >= 0.6 is 0 Å². The molecule has 0 atom stereocenters. The fraction of sp³-hybridized carbons (Fsp3) is 0.190. The van der Waals surface area contributed by atoms with Crippen molar-refractivity contribution in [1.29, 1.82) is 0 Å². The van der Waals surface area contributed by atoms with Crippen LogP contribution in [0.2, 0.25) is 0 Å². The van der Waals surface area contributed by atoms with Crippen LogP contribution in [0.1, 0.15) is 30.7 Å². The Bertz CT molecular complexity index is 1210. The predicted octanol–water partition coefficient (Wildman–Crippen LogP) is 2.93. The van der Waals surface area contributed by atoms with Gasteiger partial charge in [-0.3, -0.25) is 4.79 Å². The zero-order chi connectivity index (χ0) is 19.8. The Morgan fingerprint density at radius 2 is 1.76 bits per heavy atom. The van der Waals surface area contributed by atoms with E-state index in [4.69, 9.17) is 10.3 Å². The highest BCUT2D eigenvalue weighted by molar-refractivity contribution is 5.63. The molecule has 1 aliphatic rings. The fourth-order valence-electron chi connectivity index (χ4n) is 3.75. The van der Waals surface area contributed by atoms with Gasteiger partial charge < -0.3 is 15.2 Å². The average Bonchev–Trinajstić information content (AvgIpc) is 3.19. The van der Waals surface area contributed by atoms with Gasteiger partial charge in [-0.25, -0.2) is 9.97 Å². The van der Waals surface area contributed by atoms with Gasteiger partial charge in [-0.1, -0.05) is 35.8 Å². The normalized spacial score (nSPS) is 15.0. The van der Waals surface area contributed by atoms with E-state index in [9.17, 15) is 4.79 Å². The molecule has 5 rings (SSSR count). The van der Waals surface area contributed by atoms with E-state index >= 15 is 0 Å². The minimum Gasteiger partial charge on any atom is -0.368 e. The molecule has 144 valence electrons. The number of hydrogen-bond donors (Lipinski definition) is 2. The molecule has 0 unspecified atom stereocenters. The van der Waals surface area contributed by atoms with Crippen LogP contribution in [-0.2, 0) is 5.41 Å². The van der Waals surface area contributed by atoms with Crippen LogP contribution in [-0.4, -0.2) is 25.1 Å². The van der Waals surface area contributed by atoms with Gasteiger partial charge in [-0.2, -0.15) is 4.98 Å². The van der Waals surface area contributed by atoms with Crippen molar-refractivity contribution in [2.45, 2.75) is 24.7 Å². The lowest BCUT2D eigenvalue weighted by Crippen LogP contribution is -2.36. The SMILES string of the molecule is Nc1ncc(-c2ccc(C3(c4noc(-c5cc[nH]c(=O)c5)n4)CCC3)cc2)cn1. The van der Waals surface area contributed by atoms with Crippen LogP contribution < -0.4 is 11.3 Å². The quantitative estimate of drug-likeness (QED) is 0.552. The van der Waals surface area contributed by atoms with Crippen molar-refractivity contribution in [2.75, 3.05) is 5.73 Å². The van der Waals surface area contributed by atoms with Crippen molar-refractivity contribution >= 4 is 5.95 Å². The first-order chi connectivity index (χ1) is 14.1. The fourth-order valence-corrected chi connectivity index (χ4v) is 3.75. The molecule has 4 aromatic rings. The topological polar surface area (TPSA) is 124 Å². The van der Waals surface area contributed by atoms with E-state index in [-0.39, 0.29) is 16.9 Å². The molecule has 0 saturated heterocycles. The summed E-state index contributed by atoms with van der Waals surface area (Å²) in [5, 5.41) is 4.25. The lowest BCUT2D eigenvalue weighted by molar-refractivity contribution is 0.273. The number of aromatic amines is 1. The molecule has 1 aliphatic carbocycles. The van der Waals surface area contributed by atoms with E-state index in [1.807, 2.05) is 12.1 Å². The molecule has 0 aliphatic heterocycles. The molecule has 3 heterocycles. The summed E-state index contributed by atoms with van der Waals surface area (Å²) >= 11 is 0. The molecule has 8 nitrogen and oxygen atoms in total. The Morgan fingerprint density at radius 3 is 2.41 bits per heavy atom. The van der Waals surface area contributed by atoms with Crippen LogP contribution in [0.15, 0.2) is 64.3 Å². The van der Waals surface area contributed by atoms with E-state index in [1.165, 1.54) is 6.07 Å². The van der Waals surface area contributed by atoms with E-state index in [1.54, 1.807) is 24.7 Å². The molecule has 8 heteroatoms. The van der Waals surface area contributed by atoms with Gasteiger partial charge >= 0.3 is 0 Å².